The number of benzene rings is 2. The molecule has 0 aliphatic carbocycles. The highest BCUT2D eigenvalue weighted by Gasteiger charge is 2.37. The monoisotopic (exact) mass is 630 g/mol. The van der Waals surface area contributed by atoms with Crippen LogP contribution in [0.2, 0.25) is 0 Å². The molecule has 8 N–H and O–H groups in total. The molecule has 0 spiro atoms. The summed E-state index contributed by atoms with van der Waals surface area (Å²) < 4.78 is 0. The summed E-state index contributed by atoms with van der Waals surface area (Å²) in [6.45, 7) is -0.360. The summed E-state index contributed by atoms with van der Waals surface area (Å²) in [5.74, 6) is -1.56. The van der Waals surface area contributed by atoms with E-state index in [1.165, 1.54) is 40.6 Å². The quantitative estimate of drug-likeness (QED) is 0.152. The molecule has 1 aliphatic heterocycles. The van der Waals surface area contributed by atoms with Gasteiger partial charge in [-0.25, -0.2) is 0 Å². The maximum absolute atomic E-state index is 13.4. The molecule has 0 bridgehead atoms. The van der Waals surface area contributed by atoms with Gasteiger partial charge in [0.15, 0.2) is 0 Å². The lowest BCUT2D eigenvalue weighted by molar-refractivity contribution is -0.138. The van der Waals surface area contributed by atoms with E-state index in [1.807, 2.05) is 36.6 Å². The smallest absolute Gasteiger partial charge is 0.249 e. The Hall–Kier alpha value is -3.59. The van der Waals surface area contributed by atoms with E-state index in [-0.39, 0.29) is 37.5 Å². The van der Waals surface area contributed by atoms with Crippen molar-refractivity contribution in [2.45, 2.75) is 43.4 Å². The fourth-order valence-electron chi connectivity index (χ4n) is 4.44. The average Bonchev–Trinajstić information content (AvgIpc) is 3.49. The Bertz CT molecular complexity index is 1270. The zero-order valence-electron chi connectivity index (χ0n) is 23.9. The van der Waals surface area contributed by atoms with Crippen LogP contribution in [0.5, 0.6) is 5.75 Å². The van der Waals surface area contributed by atoms with Crippen LogP contribution in [0.4, 0.5) is 0 Å². The molecule has 14 heteroatoms. The van der Waals surface area contributed by atoms with Crippen LogP contribution < -0.4 is 27.4 Å². The topological polar surface area (TPSA) is 197 Å². The fourth-order valence-corrected chi connectivity index (χ4v) is 6.09. The Labute approximate surface area is 259 Å². The number of phenols is 1. The standard InChI is InChI=1S/C29H38N6O6S2/c1-42-12-11-22(33-27(39)21(30)13-19-7-9-20(36)10-8-19)28(40)34-25(37)15-32-23(14-18-5-3-2-4-6-18)29(41)35-17-43-16-24(35)26(31)38/h2-10,21-24,32,36H,11-17,30H2,1H3,(H2,31,38)(H,33,39)(H,34,37,40)/t21-,22+,23-,24-/m0/s1. The summed E-state index contributed by atoms with van der Waals surface area (Å²) in [5.41, 5.74) is 13.1. The van der Waals surface area contributed by atoms with E-state index in [0.717, 1.165) is 11.1 Å². The highest BCUT2D eigenvalue weighted by molar-refractivity contribution is 7.99. The summed E-state index contributed by atoms with van der Waals surface area (Å²) in [4.78, 5) is 65.4. The molecule has 3 rings (SSSR count). The second-order valence-corrected chi connectivity index (χ2v) is 12.1. The first-order valence-corrected chi connectivity index (χ1v) is 16.2. The van der Waals surface area contributed by atoms with Gasteiger partial charge < -0.3 is 26.8 Å². The van der Waals surface area contributed by atoms with E-state index in [0.29, 0.717) is 17.4 Å². The highest BCUT2D eigenvalue weighted by atomic mass is 32.2. The lowest BCUT2D eigenvalue weighted by Crippen LogP contribution is -2.56. The van der Waals surface area contributed by atoms with Gasteiger partial charge in [0.2, 0.25) is 29.5 Å². The molecule has 1 heterocycles. The van der Waals surface area contributed by atoms with Crippen LogP contribution >= 0.6 is 23.5 Å². The summed E-state index contributed by atoms with van der Waals surface area (Å²) in [5, 5.41) is 17.3. The number of rotatable bonds is 15. The number of thioether (sulfide) groups is 2. The second-order valence-electron chi connectivity index (χ2n) is 10.1. The minimum absolute atomic E-state index is 0.0930. The number of primary amides is 1. The van der Waals surface area contributed by atoms with Crippen LogP contribution in [0.25, 0.3) is 0 Å². The first kappa shape index (κ1) is 33.9. The number of nitrogens with zero attached hydrogens (tertiary/aromatic N) is 1. The van der Waals surface area contributed by atoms with E-state index in [1.54, 1.807) is 12.1 Å². The Kier molecular flexibility index (Phi) is 13.3. The third kappa shape index (κ3) is 10.6. The van der Waals surface area contributed by atoms with Crippen molar-refractivity contribution < 1.29 is 29.1 Å². The Balaban J connectivity index is 1.61. The molecule has 1 saturated heterocycles. The summed E-state index contributed by atoms with van der Waals surface area (Å²) in [7, 11) is 0. The number of nitrogens with one attached hydrogen (secondary N) is 3. The molecule has 4 atom stereocenters. The van der Waals surface area contributed by atoms with Crippen molar-refractivity contribution in [3.05, 3.63) is 65.7 Å². The van der Waals surface area contributed by atoms with Crippen LogP contribution in [0.15, 0.2) is 54.6 Å². The van der Waals surface area contributed by atoms with Crippen LogP contribution in [-0.4, -0.2) is 93.9 Å². The predicted octanol–water partition coefficient (Wildman–Crippen LogP) is -0.270. The fraction of sp³-hybridized carbons (Fsp3) is 0.414. The number of amides is 5. The zero-order chi connectivity index (χ0) is 31.4. The van der Waals surface area contributed by atoms with Gasteiger partial charge in [-0.05, 0) is 54.5 Å². The number of phenolic OH excluding ortho intramolecular Hbond substituents is 1. The largest absolute Gasteiger partial charge is 0.508 e. The number of imide groups is 1. The van der Waals surface area contributed by atoms with Crippen molar-refractivity contribution in [3.63, 3.8) is 0 Å². The van der Waals surface area contributed by atoms with E-state index < -0.39 is 47.8 Å². The number of hydrogen-bond acceptors (Lipinski definition) is 10. The third-order valence-electron chi connectivity index (χ3n) is 6.82. The number of carbonyl (C=O) groups excluding carboxylic acids is 5. The molecule has 232 valence electrons. The molecule has 0 unspecified atom stereocenters. The van der Waals surface area contributed by atoms with Crippen molar-refractivity contribution in [2.75, 3.05) is 30.2 Å². The van der Waals surface area contributed by atoms with Gasteiger partial charge in [-0.1, -0.05) is 42.5 Å². The maximum atomic E-state index is 13.4. The van der Waals surface area contributed by atoms with Crippen LogP contribution in [0, 0.1) is 0 Å². The molecule has 0 aromatic heterocycles. The molecule has 1 fully saturated rings. The van der Waals surface area contributed by atoms with Gasteiger partial charge in [-0.2, -0.15) is 11.8 Å². The van der Waals surface area contributed by atoms with E-state index >= 15 is 0 Å². The first-order valence-electron chi connectivity index (χ1n) is 13.7. The van der Waals surface area contributed by atoms with Gasteiger partial charge in [0.1, 0.15) is 17.8 Å². The first-order chi connectivity index (χ1) is 20.6. The average molecular weight is 631 g/mol. The molecule has 0 saturated carbocycles. The highest BCUT2D eigenvalue weighted by Crippen LogP contribution is 2.22. The number of nitrogens with two attached hydrogens (primary N) is 2. The third-order valence-corrected chi connectivity index (χ3v) is 8.47. The molecule has 43 heavy (non-hydrogen) atoms. The van der Waals surface area contributed by atoms with Crippen LogP contribution in [-0.2, 0) is 36.8 Å². The molecular formula is C29H38N6O6S2. The molecule has 0 radical (unpaired) electrons. The van der Waals surface area contributed by atoms with E-state index in [4.69, 9.17) is 11.5 Å². The second kappa shape index (κ2) is 16.9. The Morgan fingerprint density at radius 3 is 2.33 bits per heavy atom. The SMILES string of the molecule is CSCC[C@@H](NC(=O)[C@@H](N)Cc1ccc(O)cc1)C(=O)NC(=O)CN[C@@H](Cc1ccccc1)C(=O)N1CSC[C@H]1C(N)=O. The molecule has 2 aromatic rings. The number of carbonyl (C=O) groups is 5. The van der Waals surface area contributed by atoms with Crippen molar-refractivity contribution >= 4 is 53.1 Å². The molecule has 5 amide bonds. The van der Waals surface area contributed by atoms with Crippen molar-refractivity contribution in [2.24, 2.45) is 11.5 Å². The van der Waals surface area contributed by atoms with Gasteiger partial charge >= 0.3 is 0 Å². The normalized spacial score (nSPS) is 16.6. The van der Waals surface area contributed by atoms with Crippen molar-refractivity contribution in [1.82, 2.24) is 20.9 Å². The van der Waals surface area contributed by atoms with Gasteiger partial charge in [-0.15, -0.1) is 11.8 Å². The number of hydrogen-bond donors (Lipinski definition) is 6. The molecule has 2 aromatic carbocycles. The maximum Gasteiger partial charge on any atom is 0.249 e. The zero-order valence-corrected chi connectivity index (χ0v) is 25.5. The minimum atomic E-state index is -1.01. The van der Waals surface area contributed by atoms with E-state index in [2.05, 4.69) is 16.0 Å². The summed E-state index contributed by atoms with van der Waals surface area (Å²) in [6, 6.07) is 11.9. The molecular weight excluding hydrogens is 592 g/mol. The van der Waals surface area contributed by atoms with Crippen molar-refractivity contribution in [3.8, 4) is 5.75 Å². The lowest BCUT2D eigenvalue weighted by Gasteiger charge is -2.27. The molecule has 12 nitrogen and oxygen atoms in total. The van der Waals surface area contributed by atoms with Crippen LogP contribution in [0.1, 0.15) is 17.5 Å². The lowest BCUT2D eigenvalue weighted by atomic mass is 10.0. The summed E-state index contributed by atoms with van der Waals surface area (Å²) in [6.07, 6.45) is 2.56. The van der Waals surface area contributed by atoms with Gasteiger partial charge in [0.25, 0.3) is 0 Å². The minimum Gasteiger partial charge on any atom is -0.508 e. The van der Waals surface area contributed by atoms with Gasteiger partial charge in [0.05, 0.1) is 24.5 Å². The van der Waals surface area contributed by atoms with Crippen molar-refractivity contribution in [1.29, 1.82) is 0 Å². The van der Waals surface area contributed by atoms with Crippen LogP contribution in [0.3, 0.4) is 0 Å². The summed E-state index contributed by atoms with van der Waals surface area (Å²) >= 11 is 2.90. The predicted molar refractivity (Wildman–Crippen MR) is 167 cm³/mol. The van der Waals surface area contributed by atoms with Gasteiger partial charge in [-0.3, -0.25) is 34.6 Å². The molecule has 1 aliphatic rings. The Morgan fingerprint density at radius 1 is 1.00 bits per heavy atom. The number of aromatic hydroxyl groups is 1. The van der Waals surface area contributed by atoms with Gasteiger partial charge in [0, 0.05) is 5.75 Å². The Morgan fingerprint density at radius 2 is 1.67 bits per heavy atom. The van der Waals surface area contributed by atoms with E-state index in [9.17, 15) is 29.1 Å².